The van der Waals surface area contributed by atoms with Crippen LogP contribution in [0.5, 0.6) is 0 Å². The van der Waals surface area contributed by atoms with Gasteiger partial charge in [0.1, 0.15) is 18.8 Å². The van der Waals surface area contributed by atoms with Gasteiger partial charge in [0.25, 0.3) is 0 Å². The highest BCUT2D eigenvalue weighted by Gasteiger charge is 2.54. The minimum Gasteiger partial charge on any atom is -0.463 e. The lowest BCUT2D eigenvalue weighted by molar-refractivity contribution is -0.330. The molecule has 2 aliphatic heterocycles. The van der Waals surface area contributed by atoms with E-state index in [-0.39, 0.29) is 13.2 Å². The van der Waals surface area contributed by atoms with Crippen LogP contribution in [0, 0.1) is 0 Å². The molecule has 0 amide bonds. The summed E-state index contributed by atoms with van der Waals surface area (Å²) in [7, 11) is 0. The second-order valence-electron chi connectivity index (χ2n) is 8.93. The second kappa shape index (κ2) is 14.2. The zero-order chi connectivity index (χ0) is 29.4. The highest BCUT2D eigenvalue weighted by Crippen LogP contribution is 2.33. The summed E-state index contributed by atoms with van der Waals surface area (Å²) in [5.41, 5.74) is 0. The van der Waals surface area contributed by atoms with Crippen molar-refractivity contribution < 1.29 is 71.4 Å². The Morgan fingerprint density at radius 1 is 0.615 bits per heavy atom. The normalized spacial score (nSPS) is 32.2. The maximum Gasteiger partial charge on any atom is 0.303 e. The molecule has 0 aromatic rings. The Kier molecular flexibility index (Phi) is 11.6. The third-order valence-electron chi connectivity index (χ3n) is 5.53. The van der Waals surface area contributed by atoms with Crippen LogP contribution in [-0.2, 0) is 71.4 Å². The number of hydrogen-bond acceptors (Lipinski definition) is 15. The predicted octanol–water partition coefficient (Wildman–Crippen LogP) is -0.263. The average Bonchev–Trinajstić information content (AvgIpc) is 2.78. The highest BCUT2D eigenvalue weighted by atomic mass is 16.7. The van der Waals surface area contributed by atoms with Gasteiger partial charge in [0.05, 0.1) is 12.7 Å². The zero-order valence-corrected chi connectivity index (χ0v) is 22.7. The molecule has 2 rings (SSSR count). The summed E-state index contributed by atoms with van der Waals surface area (Å²) in [6.45, 7) is 7.72. The number of carbonyl (C=O) groups excluding carboxylic acids is 6. The van der Waals surface area contributed by atoms with Crippen LogP contribution in [0.3, 0.4) is 0 Å². The van der Waals surface area contributed by atoms with Crippen molar-refractivity contribution in [2.24, 2.45) is 0 Å². The van der Waals surface area contributed by atoms with E-state index in [1.165, 1.54) is 13.8 Å². The monoisotopic (exact) mass is 562 g/mol. The summed E-state index contributed by atoms with van der Waals surface area (Å²) in [5.74, 6) is -4.36. The molecule has 0 radical (unpaired) electrons. The predicted molar refractivity (Wildman–Crippen MR) is 123 cm³/mol. The Morgan fingerprint density at radius 2 is 1.08 bits per heavy atom. The lowest BCUT2D eigenvalue weighted by Gasteiger charge is -2.46. The smallest absolute Gasteiger partial charge is 0.303 e. The van der Waals surface area contributed by atoms with Gasteiger partial charge in [0.15, 0.2) is 36.8 Å². The lowest BCUT2D eigenvalue weighted by Crippen LogP contribution is -2.64. The fourth-order valence-electron chi connectivity index (χ4n) is 4.21. The van der Waals surface area contributed by atoms with E-state index >= 15 is 0 Å². The molecule has 0 saturated carbocycles. The summed E-state index contributed by atoms with van der Waals surface area (Å²) in [4.78, 5) is 70.8. The Balaban J connectivity index is 2.42. The molecule has 2 heterocycles. The minimum atomic E-state index is -1.45. The Labute approximate surface area is 224 Å². The Morgan fingerprint density at radius 3 is 1.59 bits per heavy atom. The first-order chi connectivity index (χ1) is 18.2. The third-order valence-corrected chi connectivity index (χ3v) is 5.53. The molecule has 39 heavy (non-hydrogen) atoms. The molecule has 15 nitrogen and oxygen atoms in total. The van der Waals surface area contributed by atoms with E-state index in [0.29, 0.717) is 0 Å². The number of hydrogen-bond donors (Lipinski definition) is 0. The van der Waals surface area contributed by atoms with Crippen LogP contribution in [0.2, 0.25) is 0 Å². The highest BCUT2D eigenvalue weighted by molar-refractivity contribution is 5.69. The van der Waals surface area contributed by atoms with Crippen LogP contribution in [0.1, 0.15) is 48.5 Å². The molecule has 0 aliphatic carbocycles. The van der Waals surface area contributed by atoms with E-state index in [1.54, 1.807) is 0 Å². The van der Waals surface area contributed by atoms with Gasteiger partial charge < -0.3 is 42.6 Å². The summed E-state index contributed by atoms with van der Waals surface area (Å²) in [5, 5.41) is 0. The second-order valence-corrected chi connectivity index (χ2v) is 8.93. The van der Waals surface area contributed by atoms with Crippen molar-refractivity contribution in [2.75, 3.05) is 13.2 Å². The number of esters is 6. The number of rotatable bonds is 9. The number of carbonyl (C=O) groups is 6. The molecule has 2 aliphatic rings. The fraction of sp³-hybridized carbons (Fsp3) is 0.750. The average molecular weight is 563 g/mol. The molecule has 0 aromatic carbocycles. The van der Waals surface area contributed by atoms with Crippen LogP contribution in [-0.4, -0.2) is 104 Å². The van der Waals surface area contributed by atoms with Gasteiger partial charge in [-0.3, -0.25) is 28.8 Å². The van der Waals surface area contributed by atoms with Crippen LogP contribution in [0.4, 0.5) is 0 Å². The maximum atomic E-state index is 12.0. The van der Waals surface area contributed by atoms with E-state index in [0.717, 1.165) is 34.6 Å². The third kappa shape index (κ3) is 9.44. The fourth-order valence-corrected chi connectivity index (χ4v) is 4.21. The van der Waals surface area contributed by atoms with Crippen molar-refractivity contribution in [2.45, 2.75) is 104 Å². The van der Waals surface area contributed by atoms with Gasteiger partial charge in [-0.05, 0) is 6.92 Å². The first kappa shape index (κ1) is 31.9. The Bertz CT molecular complexity index is 932. The van der Waals surface area contributed by atoms with Crippen molar-refractivity contribution in [3.05, 3.63) is 0 Å². The molecule has 0 bridgehead atoms. The van der Waals surface area contributed by atoms with E-state index in [1.807, 2.05) is 0 Å². The summed E-state index contributed by atoms with van der Waals surface area (Å²) in [6.07, 6.45) is -11.0. The molecule has 220 valence electrons. The summed E-state index contributed by atoms with van der Waals surface area (Å²) >= 11 is 0. The molecule has 0 N–H and O–H groups in total. The molecular weight excluding hydrogens is 528 g/mol. The maximum absolute atomic E-state index is 12.0. The van der Waals surface area contributed by atoms with Crippen molar-refractivity contribution in [3.63, 3.8) is 0 Å². The molecule has 0 unspecified atom stereocenters. The van der Waals surface area contributed by atoms with Gasteiger partial charge in [0, 0.05) is 41.5 Å². The zero-order valence-electron chi connectivity index (χ0n) is 22.7. The van der Waals surface area contributed by atoms with Crippen molar-refractivity contribution in [1.29, 1.82) is 0 Å². The van der Waals surface area contributed by atoms with Crippen molar-refractivity contribution in [1.82, 2.24) is 0 Å². The first-order valence-corrected chi connectivity index (χ1v) is 12.1. The molecule has 0 aromatic heterocycles. The summed E-state index contributed by atoms with van der Waals surface area (Å²) in [6, 6.07) is 0. The van der Waals surface area contributed by atoms with Gasteiger partial charge >= 0.3 is 35.8 Å². The van der Waals surface area contributed by atoms with E-state index in [2.05, 4.69) is 0 Å². The van der Waals surface area contributed by atoms with Crippen molar-refractivity contribution in [3.8, 4) is 0 Å². The lowest BCUT2D eigenvalue weighted by atomic mass is 9.97. The standard InChI is InChI=1S/C24H34O15/c1-10-19(34-12(3)26)22(37-15(6)29)23(38-16(7)30)24(33-10)39-18-9-32-17(8-31-11(2)25)20(35-13(4)27)21(18)36-14(5)28/h10,17-24H,8-9H2,1-7H3/t10-,17+,18-,19-,20+,21+,22+,23+,24-/m0/s1. The largest absolute Gasteiger partial charge is 0.463 e. The molecule has 15 heteroatoms. The molecule has 2 fully saturated rings. The topological polar surface area (TPSA) is 185 Å². The van der Waals surface area contributed by atoms with Gasteiger partial charge in [-0.15, -0.1) is 0 Å². The number of ether oxygens (including phenoxy) is 9. The minimum absolute atomic E-state index is 0.270. The van der Waals surface area contributed by atoms with E-state index < -0.39 is 90.9 Å². The van der Waals surface area contributed by atoms with Gasteiger partial charge in [0.2, 0.25) is 0 Å². The van der Waals surface area contributed by atoms with Gasteiger partial charge in [-0.1, -0.05) is 0 Å². The van der Waals surface area contributed by atoms with Crippen LogP contribution in [0.15, 0.2) is 0 Å². The van der Waals surface area contributed by atoms with Crippen LogP contribution >= 0.6 is 0 Å². The van der Waals surface area contributed by atoms with E-state index in [4.69, 9.17) is 42.6 Å². The summed E-state index contributed by atoms with van der Waals surface area (Å²) < 4.78 is 49.4. The Hall–Kier alpha value is -3.30. The molecule has 0 spiro atoms. The quantitative estimate of drug-likeness (QED) is 0.264. The molecule has 9 atom stereocenters. The van der Waals surface area contributed by atoms with E-state index in [9.17, 15) is 28.8 Å². The van der Waals surface area contributed by atoms with Crippen LogP contribution < -0.4 is 0 Å². The van der Waals surface area contributed by atoms with Crippen LogP contribution in [0.25, 0.3) is 0 Å². The first-order valence-electron chi connectivity index (χ1n) is 12.1. The molecule has 2 saturated heterocycles. The molecular formula is C24H34O15. The SMILES string of the molecule is CC(=O)OC[C@H]1OC[C@H](O[C@@H]2O[C@@H](C)[C@H](OC(C)=O)[C@@H](OC(C)=O)[C@H]2OC(C)=O)[C@@H](OC(C)=O)[C@@H]1OC(C)=O. The van der Waals surface area contributed by atoms with Gasteiger partial charge in [-0.2, -0.15) is 0 Å². The van der Waals surface area contributed by atoms with Crippen molar-refractivity contribution >= 4 is 35.8 Å². The van der Waals surface area contributed by atoms with Gasteiger partial charge in [-0.25, -0.2) is 0 Å².